The maximum atomic E-state index is 11.7. The number of nitrogens with zero attached hydrogens (tertiary/aromatic N) is 4. The van der Waals surface area contributed by atoms with E-state index in [1.807, 2.05) is 48.6 Å². The number of hydrazone groups is 1. The molecule has 0 spiro atoms. The number of carbonyl (C=O) groups is 1. The minimum absolute atomic E-state index is 0.256. The molecule has 0 fully saturated rings. The number of ether oxygens (including phenoxy) is 2. The largest absolute Gasteiger partial charge is 0.509 e. The fourth-order valence-corrected chi connectivity index (χ4v) is 2.23. The molecule has 0 aliphatic carbocycles. The Kier molecular flexibility index (Phi) is 7.22. The van der Waals surface area contributed by atoms with Crippen LogP contribution >= 0.6 is 0 Å². The maximum absolute atomic E-state index is 11.7. The third-order valence-corrected chi connectivity index (χ3v) is 3.29. The molecule has 2 rings (SSSR count). The summed E-state index contributed by atoms with van der Waals surface area (Å²) in [5.41, 5.74) is 7.41. The van der Waals surface area contributed by atoms with E-state index in [9.17, 15) is 4.79 Å². The summed E-state index contributed by atoms with van der Waals surface area (Å²) < 4.78 is 12.0. The Bertz CT molecular complexity index is 586. The number of hydrogen-bond donors (Lipinski definition) is 2. The van der Waals surface area contributed by atoms with Gasteiger partial charge in [0.1, 0.15) is 5.69 Å². The van der Waals surface area contributed by atoms with Crippen molar-refractivity contribution in [1.29, 1.82) is 0 Å². The highest BCUT2D eigenvalue weighted by atomic mass is 16.7. The molecule has 1 aliphatic heterocycles. The van der Waals surface area contributed by atoms with E-state index in [-0.39, 0.29) is 12.0 Å². The van der Waals surface area contributed by atoms with Crippen molar-refractivity contribution in [1.82, 2.24) is 25.9 Å². The Hall–Kier alpha value is -2.29. The summed E-state index contributed by atoms with van der Waals surface area (Å²) in [6.45, 7) is 13.8. The third kappa shape index (κ3) is 5.09. The number of aryl methyl sites for hydroxylation is 2. The molecule has 0 saturated carbocycles. The smallest absolute Gasteiger partial charge is 0.435 e. The van der Waals surface area contributed by atoms with Gasteiger partial charge in [-0.25, -0.2) is 10.3 Å². The molecule has 0 aromatic carbocycles. The van der Waals surface area contributed by atoms with Crippen LogP contribution in [0.15, 0.2) is 11.3 Å². The van der Waals surface area contributed by atoms with Gasteiger partial charge >= 0.3 is 6.16 Å². The number of hydrogen-bond acceptors (Lipinski definition) is 8. The summed E-state index contributed by atoms with van der Waals surface area (Å²) in [7, 11) is 1.84. The van der Waals surface area contributed by atoms with Gasteiger partial charge < -0.3 is 9.47 Å². The van der Waals surface area contributed by atoms with Crippen LogP contribution in [0.25, 0.3) is 0 Å². The lowest BCUT2D eigenvalue weighted by atomic mass is 9.94. The number of nitrogens with one attached hydrogen (secondary N) is 2. The van der Waals surface area contributed by atoms with Crippen LogP contribution < -0.4 is 11.0 Å². The van der Waals surface area contributed by atoms with Gasteiger partial charge in [0.05, 0.1) is 12.8 Å². The summed E-state index contributed by atoms with van der Waals surface area (Å²) in [5, 5.41) is 9.99. The Morgan fingerprint density at radius 3 is 2.48 bits per heavy atom. The van der Waals surface area contributed by atoms with Crippen LogP contribution in [0, 0.1) is 12.3 Å². The number of hydrazine groups is 2. The van der Waals surface area contributed by atoms with E-state index in [4.69, 9.17) is 9.47 Å². The van der Waals surface area contributed by atoms with E-state index in [2.05, 4.69) is 21.2 Å². The molecule has 0 radical (unpaired) electrons. The first-order valence-electron chi connectivity index (χ1n) is 8.45. The highest BCUT2D eigenvalue weighted by molar-refractivity contribution is 5.98. The number of amidine groups is 1. The Balaban J connectivity index is 0.00000151. The average molecular weight is 354 g/mol. The van der Waals surface area contributed by atoms with Gasteiger partial charge in [0, 0.05) is 12.5 Å². The lowest BCUT2D eigenvalue weighted by Crippen LogP contribution is -2.56. The van der Waals surface area contributed by atoms with Crippen molar-refractivity contribution in [2.24, 2.45) is 17.6 Å². The van der Waals surface area contributed by atoms with E-state index < -0.39 is 12.4 Å². The highest BCUT2D eigenvalue weighted by Crippen LogP contribution is 2.25. The first-order chi connectivity index (χ1) is 11.7. The predicted octanol–water partition coefficient (Wildman–Crippen LogP) is 2.29. The number of rotatable bonds is 4. The Morgan fingerprint density at radius 2 is 2.00 bits per heavy atom. The summed E-state index contributed by atoms with van der Waals surface area (Å²) >= 11 is 0. The van der Waals surface area contributed by atoms with Gasteiger partial charge in [-0.1, -0.05) is 39.7 Å². The van der Waals surface area contributed by atoms with Crippen LogP contribution in [0.1, 0.15) is 52.8 Å². The molecule has 1 aromatic rings. The van der Waals surface area contributed by atoms with Crippen molar-refractivity contribution in [3.05, 3.63) is 17.5 Å². The van der Waals surface area contributed by atoms with Crippen LogP contribution in [0.5, 0.6) is 0 Å². The van der Waals surface area contributed by atoms with Gasteiger partial charge in [-0.05, 0) is 19.4 Å². The highest BCUT2D eigenvalue weighted by Gasteiger charge is 2.38. The van der Waals surface area contributed by atoms with Crippen molar-refractivity contribution in [3.8, 4) is 0 Å². The molecule has 9 heteroatoms. The standard InChI is InChI=1S/C14H24N6O3.C2H6/c1-7-22-13(21)23-12(14(3,4)5)20-17-11(16-18-20)10-9(2)8-15-19(10)6;1-2/h8,12,18H,7H2,1-6H3,(H,16,17);1-2H3. The average Bonchev–Trinajstić information content (AvgIpc) is 3.13. The molecule has 0 saturated heterocycles. The van der Waals surface area contributed by atoms with Gasteiger partial charge in [0.2, 0.25) is 6.23 Å². The van der Waals surface area contributed by atoms with Crippen molar-refractivity contribution < 1.29 is 14.3 Å². The normalized spacial score (nSPS) is 15.3. The second kappa shape index (κ2) is 8.70. The fourth-order valence-electron chi connectivity index (χ4n) is 2.23. The predicted molar refractivity (Wildman–Crippen MR) is 95.3 cm³/mol. The first-order valence-corrected chi connectivity index (χ1v) is 8.45. The quantitative estimate of drug-likeness (QED) is 0.801. The molecule has 142 valence electrons. The molecule has 1 aliphatic rings. The van der Waals surface area contributed by atoms with E-state index >= 15 is 0 Å². The lowest BCUT2D eigenvalue weighted by molar-refractivity contribution is -0.127. The van der Waals surface area contributed by atoms with Gasteiger partial charge in [0.15, 0.2) is 5.84 Å². The second-order valence-corrected chi connectivity index (χ2v) is 6.36. The Morgan fingerprint density at radius 1 is 1.36 bits per heavy atom. The van der Waals surface area contributed by atoms with Crippen molar-refractivity contribution in [2.75, 3.05) is 6.61 Å². The molecule has 1 aromatic heterocycles. The monoisotopic (exact) mass is 354 g/mol. The van der Waals surface area contributed by atoms with Gasteiger partial charge in [-0.15, -0.1) is 5.10 Å². The molecule has 2 heterocycles. The topological polar surface area (TPSA) is 93.0 Å². The lowest BCUT2D eigenvalue weighted by Gasteiger charge is -2.35. The molecule has 0 amide bonds. The zero-order chi connectivity index (χ0) is 19.2. The summed E-state index contributed by atoms with van der Waals surface area (Å²) in [6, 6.07) is 0. The molecule has 1 atom stereocenters. The molecule has 25 heavy (non-hydrogen) atoms. The van der Waals surface area contributed by atoms with Gasteiger partial charge in [-0.3, -0.25) is 10.1 Å². The van der Waals surface area contributed by atoms with Crippen LogP contribution in [0.2, 0.25) is 0 Å². The van der Waals surface area contributed by atoms with Crippen LogP contribution in [0.4, 0.5) is 4.79 Å². The number of carbonyl (C=O) groups excluding carboxylic acids is 1. The van der Waals surface area contributed by atoms with E-state index in [0.717, 1.165) is 11.3 Å². The summed E-state index contributed by atoms with van der Waals surface area (Å²) in [4.78, 5) is 11.7. The van der Waals surface area contributed by atoms with Crippen LogP contribution in [0.3, 0.4) is 0 Å². The van der Waals surface area contributed by atoms with Crippen molar-refractivity contribution in [3.63, 3.8) is 0 Å². The van der Waals surface area contributed by atoms with Crippen molar-refractivity contribution in [2.45, 2.75) is 54.7 Å². The molecular formula is C16H30N6O3. The summed E-state index contributed by atoms with van der Waals surface area (Å²) in [5.74, 6) is 0.601. The Labute approximate surface area is 149 Å². The zero-order valence-corrected chi connectivity index (χ0v) is 16.4. The zero-order valence-electron chi connectivity index (χ0n) is 16.4. The third-order valence-electron chi connectivity index (χ3n) is 3.29. The van der Waals surface area contributed by atoms with Crippen LogP contribution in [-0.2, 0) is 16.5 Å². The second-order valence-electron chi connectivity index (χ2n) is 6.36. The molecule has 9 nitrogen and oxygen atoms in total. The SMILES string of the molecule is CC.CCOC(=O)OC(N1NN=C(c2c(C)cnn2C)N1)C(C)(C)C. The number of aromatic nitrogens is 2. The molecule has 2 N–H and O–H groups in total. The first kappa shape index (κ1) is 20.8. The van der Waals surface area contributed by atoms with Gasteiger partial charge in [-0.2, -0.15) is 5.10 Å². The minimum atomic E-state index is -0.721. The van der Waals surface area contributed by atoms with Gasteiger partial charge in [0.25, 0.3) is 0 Å². The molecular weight excluding hydrogens is 324 g/mol. The molecule has 1 unspecified atom stereocenters. The minimum Gasteiger partial charge on any atom is -0.435 e. The van der Waals surface area contributed by atoms with E-state index in [1.54, 1.807) is 22.9 Å². The summed E-state index contributed by atoms with van der Waals surface area (Å²) in [6.07, 6.45) is 0.413. The van der Waals surface area contributed by atoms with E-state index in [0.29, 0.717) is 5.84 Å². The fraction of sp³-hybridized carbons (Fsp3) is 0.688. The van der Waals surface area contributed by atoms with E-state index in [1.165, 1.54) is 0 Å². The van der Waals surface area contributed by atoms with Crippen molar-refractivity contribution >= 4 is 12.0 Å². The molecule has 0 bridgehead atoms. The maximum Gasteiger partial charge on any atom is 0.509 e. The van der Waals surface area contributed by atoms with Crippen LogP contribution in [-0.4, -0.2) is 39.7 Å².